The number of anilines is 2. The molecule has 1 aliphatic carbocycles. The van der Waals surface area contributed by atoms with Crippen molar-refractivity contribution in [1.82, 2.24) is 24.8 Å². The van der Waals surface area contributed by atoms with E-state index in [-0.39, 0.29) is 11.9 Å². The van der Waals surface area contributed by atoms with Gasteiger partial charge in [0.1, 0.15) is 17.2 Å². The predicted molar refractivity (Wildman–Crippen MR) is 127 cm³/mol. The lowest BCUT2D eigenvalue weighted by Gasteiger charge is -2.35. The number of hydrogen-bond acceptors (Lipinski definition) is 7. The summed E-state index contributed by atoms with van der Waals surface area (Å²) in [5.74, 6) is 1.44. The van der Waals surface area contributed by atoms with Gasteiger partial charge in [0, 0.05) is 18.3 Å². The number of imidazole rings is 1. The molecule has 1 spiro atoms. The first-order valence-electron chi connectivity index (χ1n) is 11.7. The summed E-state index contributed by atoms with van der Waals surface area (Å²) in [6.45, 7) is 1.29. The smallest absolute Gasteiger partial charge is 0.416 e. The highest BCUT2D eigenvalue weighted by Crippen LogP contribution is 2.40. The Morgan fingerprint density at radius 1 is 1.14 bits per heavy atom. The van der Waals surface area contributed by atoms with Gasteiger partial charge < -0.3 is 10.1 Å². The van der Waals surface area contributed by atoms with E-state index in [2.05, 4.69) is 25.6 Å². The molecule has 6 rings (SSSR count). The zero-order chi connectivity index (χ0) is 23.8. The Kier molecular flexibility index (Phi) is 5.28. The first-order chi connectivity index (χ1) is 17.1. The predicted octanol–water partition coefficient (Wildman–Crippen LogP) is 4.32. The van der Waals surface area contributed by atoms with Crippen LogP contribution in [0.25, 0.3) is 16.9 Å². The van der Waals surface area contributed by atoms with Crippen LogP contribution < -0.4 is 10.2 Å². The van der Waals surface area contributed by atoms with Gasteiger partial charge in [-0.3, -0.25) is 4.90 Å². The van der Waals surface area contributed by atoms with Crippen molar-refractivity contribution in [2.45, 2.75) is 31.3 Å². The number of fused-ring (bicyclic) bond motifs is 1. The number of halogens is 1. The van der Waals surface area contributed by atoms with E-state index in [9.17, 15) is 9.18 Å². The molecule has 10 heteroatoms. The molecule has 2 aliphatic rings. The van der Waals surface area contributed by atoms with Crippen molar-refractivity contribution in [3.8, 4) is 11.3 Å². The molecule has 178 valence electrons. The van der Waals surface area contributed by atoms with Crippen LogP contribution in [0.4, 0.5) is 20.8 Å². The van der Waals surface area contributed by atoms with E-state index in [0.717, 1.165) is 38.0 Å². The maximum Gasteiger partial charge on any atom is 0.416 e. The van der Waals surface area contributed by atoms with Crippen LogP contribution in [0.1, 0.15) is 25.7 Å². The monoisotopic (exact) mass is 473 g/mol. The summed E-state index contributed by atoms with van der Waals surface area (Å²) in [5, 5.41) is 16.0. The third-order valence-corrected chi connectivity index (χ3v) is 6.83. The van der Waals surface area contributed by atoms with Gasteiger partial charge in [0.05, 0.1) is 18.4 Å². The van der Waals surface area contributed by atoms with Crippen molar-refractivity contribution >= 4 is 23.4 Å². The highest BCUT2D eigenvalue weighted by atomic mass is 19.1. The summed E-state index contributed by atoms with van der Waals surface area (Å²) in [5.41, 5.74) is 1.64. The van der Waals surface area contributed by atoms with Gasteiger partial charge in [0.15, 0.2) is 11.5 Å². The lowest BCUT2D eigenvalue weighted by molar-refractivity contribution is 0.0148. The number of amides is 1. The second-order valence-corrected chi connectivity index (χ2v) is 9.20. The molecule has 4 aromatic rings. The first kappa shape index (κ1) is 21.5. The van der Waals surface area contributed by atoms with Gasteiger partial charge in [-0.25, -0.2) is 18.7 Å². The second-order valence-electron chi connectivity index (χ2n) is 9.20. The zero-order valence-electron chi connectivity index (χ0n) is 19.0. The SMILES string of the molecule is O=C1O[C@]2(CC[C@H](CNc3ccc4nc(-c5cccc(F)c5)cn4n3)CC2)CN1c1cccnn1. The van der Waals surface area contributed by atoms with Crippen molar-refractivity contribution in [1.29, 1.82) is 0 Å². The number of nitrogens with one attached hydrogen (secondary N) is 1. The minimum absolute atomic E-state index is 0.294. The molecule has 1 saturated heterocycles. The van der Waals surface area contributed by atoms with E-state index in [1.807, 2.05) is 18.2 Å². The summed E-state index contributed by atoms with van der Waals surface area (Å²) < 4.78 is 21.1. The standard InChI is InChI=1S/C25H24FN7O2/c26-19-4-1-3-18(13-19)20-15-33-22(29-20)7-6-21(31-33)27-14-17-8-10-25(11-9-17)16-32(24(34)35-25)23-5-2-12-28-30-23/h1-7,12-13,15,17H,8-11,14,16H2,(H,27,31)/t17-,25-. The molecule has 4 heterocycles. The number of ether oxygens (including phenoxy) is 1. The molecule has 0 unspecified atom stereocenters. The van der Waals surface area contributed by atoms with Gasteiger partial charge in [-0.1, -0.05) is 12.1 Å². The fourth-order valence-electron chi connectivity index (χ4n) is 4.92. The number of nitrogens with zero attached hydrogens (tertiary/aromatic N) is 6. The van der Waals surface area contributed by atoms with E-state index >= 15 is 0 Å². The molecular formula is C25H24FN7O2. The van der Waals surface area contributed by atoms with Crippen LogP contribution in [0, 0.1) is 11.7 Å². The zero-order valence-corrected chi connectivity index (χ0v) is 19.0. The van der Waals surface area contributed by atoms with Crippen molar-refractivity contribution < 1.29 is 13.9 Å². The van der Waals surface area contributed by atoms with Crippen LogP contribution in [-0.4, -0.2) is 49.6 Å². The molecule has 1 saturated carbocycles. The number of carbonyl (C=O) groups is 1. The third kappa shape index (κ3) is 4.27. The van der Waals surface area contributed by atoms with Gasteiger partial charge in [-0.2, -0.15) is 5.10 Å². The molecule has 3 aromatic heterocycles. The van der Waals surface area contributed by atoms with Crippen molar-refractivity contribution in [3.05, 3.63) is 66.7 Å². The number of rotatable bonds is 5. The molecule has 0 radical (unpaired) electrons. The van der Waals surface area contributed by atoms with E-state index in [0.29, 0.717) is 35.2 Å². The lowest BCUT2D eigenvalue weighted by Crippen LogP contribution is -2.39. The van der Waals surface area contributed by atoms with Gasteiger partial charge in [-0.15, -0.1) is 10.2 Å². The first-order valence-corrected chi connectivity index (χ1v) is 11.7. The Labute approximate surface area is 201 Å². The fraction of sp³-hybridized carbons (Fsp3) is 0.320. The average Bonchev–Trinajstić information content (AvgIpc) is 3.45. The molecule has 2 fully saturated rings. The normalized spacial score (nSPS) is 22.0. The second kappa shape index (κ2) is 8.61. The highest BCUT2D eigenvalue weighted by Gasteiger charge is 2.48. The lowest BCUT2D eigenvalue weighted by atomic mass is 9.78. The summed E-state index contributed by atoms with van der Waals surface area (Å²) >= 11 is 0. The third-order valence-electron chi connectivity index (χ3n) is 6.83. The molecule has 1 aliphatic heterocycles. The fourth-order valence-corrected chi connectivity index (χ4v) is 4.92. The molecule has 0 bridgehead atoms. The molecule has 1 amide bonds. The summed E-state index contributed by atoms with van der Waals surface area (Å²) in [6.07, 6.45) is 6.56. The van der Waals surface area contributed by atoms with Gasteiger partial charge in [0.2, 0.25) is 0 Å². The summed E-state index contributed by atoms with van der Waals surface area (Å²) in [6, 6.07) is 13.7. The maximum absolute atomic E-state index is 13.6. The Balaban J connectivity index is 1.07. The molecule has 1 aromatic carbocycles. The number of benzene rings is 1. The Hall–Kier alpha value is -4.08. The van der Waals surface area contributed by atoms with Crippen LogP contribution >= 0.6 is 0 Å². The minimum Gasteiger partial charge on any atom is -0.441 e. The molecular weight excluding hydrogens is 449 g/mol. The van der Waals surface area contributed by atoms with Crippen molar-refractivity contribution in [2.75, 3.05) is 23.3 Å². The number of hydrogen-bond donors (Lipinski definition) is 1. The van der Waals surface area contributed by atoms with Crippen molar-refractivity contribution in [2.24, 2.45) is 5.92 Å². The molecule has 1 N–H and O–H groups in total. The molecule has 0 atom stereocenters. The summed E-state index contributed by atoms with van der Waals surface area (Å²) in [7, 11) is 0. The van der Waals surface area contributed by atoms with E-state index < -0.39 is 5.60 Å². The van der Waals surface area contributed by atoms with Crippen molar-refractivity contribution in [3.63, 3.8) is 0 Å². The van der Waals surface area contributed by atoms with E-state index in [4.69, 9.17) is 4.74 Å². The van der Waals surface area contributed by atoms with Gasteiger partial charge >= 0.3 is 6.09 Å². The van der Waals surface area contributed by atoms with Crippen LogP contribution in [0.15, 0.2) is 60.9 Å². The van der Waals surface area contributed by atoms with Gasteiger partial charge in [-0.05, 0) is 68.0 Å². The van der Waals surface area contributed by atoms with Crippen LogP contribution in [0.3, 0.4) is 0 Å². The molecule has 9 nitrogen and oxygen atoms in total. The Bertz CT molecular complexity index is 1370. The quantitative estimate of drug-likeness (QED) is 0.461. The van der Waals surface area contributed by atoms with Crippen LogP contribution in [0.5, 0.6) is 0 Å². The Morgan fingerprint density at radius 2 is 2.03 bits per heavy atom. The maximum atomic E-state index is 13.6. The van der Waals surface area contributed by atoms with Gasteiger partial charge in [0.25, 0.3) is 0 Å². The Morgan fingerprint density at radius 3 is 2.83 bits per heavy atom. The van der Waals surface area contributed by atoms with Crippen LogP contribution in [-0.2, 0) is 4.74 Å². The average molecular weight is 474 g/mol. The number of aromatic nitrogens is 5. The van der Waals surface area contributed by atoms with E-state index in [1.54, 1.807) is 40.0 Å². The van der Waals surface area contributed by atoms with Crippen LogP contribution in [0.2, 0.25) is 0 Å². The largest absolute Gasteiger partial charge is 0.441 e. The van der Waals surface area contributed by atoms with E-state index in [1.165, 1.54) is 12.1 Å². The topological polar surface area (TPSA) is 97.5 Å². The minimum atomic E-state index is -0.452. The summed E-state index contributed by atoms with van der Waals surface area (Å²) in [4.78, 5) is 18.6. The molecule has 35 heavy (non-hydrogen) atoms. The number of carbonyl (C=O) groups excluding carboxylic acids is 1. The highest BCUT2D eigenvalue weighted by molar-refractivity contribution is 5.89.